The van der Waals surface area contributed by atoms with Crippen LogP contribution in [0.5, 0.6) is 0 Å². The fourth-order valence-corrected chi connectivity index (χ4v) is 6.34. The third-order valence-electron chi connectivity index (χ3n) is 6.02. The van der Waals surface area contributed by atoms with Crippen molar-refractivity contribution in [1.82, 2.24) is 0 Å². The van der Waals surface area contributed by atoms with Crippen LogP contribution in [0.3, 0.4) is 0 Å². The molecule has 0 amide bonds. The summed E-state index contributed by atoms with van der Waals surface area (Å²) in [5, 5.41) is 35.1. The average molecular weight is 580 g/mol. The number of nitrogens with zero attached hydrogens (tertiary/aromatic N) is 3. The maximum atomic E-state index is 13.9. The number of para-hydroxylation sites is 3. The highest BCUT2D eigenvalue weighted by Gasteiger charge is 2.45. The van der Waals surface area contributed by atoms with Gasteiger partial charge in [-0.05, 0) is 30.3 Å². The molecular formula is C27H22FN3O9Si. The zero-order valence-corrected chi connectivity index (χ0v) is 22.3. The van der Waals surface area contributed by atoms with Crippen LogP contribution in [0, 0.1) is 36.2 Å². The van der Waals surface area contributed by atoms with Gasteiger partial charge < -0.3 is 13.3 Å². The maximum Gasteiger partial charge on any atom is 0.538 e. The molecule has 4 aromatic carbocycles. The van der Waals surface area contributed by atoms with Gasteiger partial charge in [0.25, 0.3) is 17.1 Å². The van der Waals surface area contributed by atoms with E-state index in [0.717, 1.165) is 12.1 Å². The Kier molecular flexibility index (Phi) is 9.21. The molecular weight excluding hydrogens is 557 g/mol. The number of hydrogen-bond donors (Lipinski definition) is 0. The Labute approximate surface area is 233 Å². The highest BCUT2D eigenvalue weighted by atomic mass is 28.4. The molecule has 0 aliphatic carbocycles. The van der Waals surface area contributed by atoms with E-state index in [1.165, 1.54) is 66.7 Å². The highest BCUT2D eigenvalue weighted by molar-refractivity contribution is 6.75. The summed E-state index contributed by atoms with van der Waals surface area (Å²) in [5.41, 5.74) is -0.147. The van der Waals surface area contributed by atoms with Crippen molar-refractivity contribution < 1.29 is 32.4 Å². The molecule has 0 atom stereocenters. The zero-order valence-electron chi connectivity index (χ0n) is 21.3. The molecule has 4 aromatic rings. The lowest BCUT2D eigenvalue weighted by Crippen LogP contribution is -2.56. The van der Waals surface area contributed by atoms with Gasteiger partial charge in [0.15, 0.2) is 0 Å². The van der Waals surface area contributed by atoms with Gasteiger partial charge in [-0.1, -0.05) is 48.5 Å². The molecule has 0 unspecified atom stereocenters. The number of hydrogen-bond acceptors (Lipinski definition) is 9. The minimum atomic E-state index is -4.25. The second kappa shape index (κ2) is 13.0. The first-order chi connectivity index (χ1) is 19.7. The smallest absolute Gasteiger partial charge is 0.365 e. The summed E-state index contributed by atoms with van der Waals surface area (Å²) in [5.74, 6) is -0.576. The fourth-order valence-electron chi connectivity index (χ4n) is 3.98. The van der Waals surface area contributed by atoms with Crippen LogP contribution in [0.25, 0.3) is 0 Å². The summed E-state index contributed by atoms with van der Waals surface area (Å²) in [6.07, 6.45) is 0. The minimum Gasteiger partial charge on any atom is -0.365 e. The van der Waals surface area contributed by atoms with Gasteiger partial charge in [0, 0.05) is 23.4 Å². The summed E-state index contributed by atoms with van der Waals surface area (Å²) in [4.78, 5) is 33.1. The normalized spacial score (nSPS) is 11.2. The van der Waals surface area contributed by atoms with E-state index in [1.54, 1.807) is 18.2 Å². The summed E-state index contributed by atoms with van der Waals surface area (Å²) in [7, 11) is -4.25. The van der Waals surface area contributed by atoms with Gasteiger partial charge in [0.1, 0.15) is 5.82 Å². The second-order valence-corrected chi connectivity index (χ2v) is 11.1. The molecule has 0 saturated heterocycles. The summed E-state index contributed by atoms with van der Waals surface area (Å²) in [6.45, 7) is -1.14. The molecule has 210 valence electrons. The van der Waals surface area contributed by atoms with E-state index in [-0.39, 0.29) is 58.8 Å². The molecule has 0 saturated carbocycles. The van der Waals surface area contributed by atoms with Gasteiger partial charge in [0.05, 0.1) is 51.3 Å². The van der Waals surface area contributed by atoms with Crippen LogP contribution >= 0.6 is 0 Å². The van der Waals surface area contributed by atoms with Crippen molar-refractivity contribution in [3.8, 4) is 0 Å². The van der Waals surface area contributed by atoms with Crippen molar-refractivity contribution in [2.24, 2.45) is 0 Å². The first-order valence-electron chi connectivity index (χ1n) is 12.0. The third kappa shape index (κ3) is 7.01. The standard InChI is InChI=1S/C27H22FN3O9Si/c28-23-13-15-24(16-14-23)41(38-17-20-7-1-4-10-25(20)29(32)33,39-18-21-8-2-5-11-26(21)30(34)35)40-19-22-9-3-6-12-27(22)31(36)37/h1-16H,17-19H2. The Bertz CT molecular complexity index is 1420. The number of benzene rings is 4. The first kappa shape index (κ1) is 29.1. The van der Waals surface area contributed by atoms with Crippen molar-refractivity contribution >= 4 is 31.1 Å². The van der Waals surface area contributed by atoms with Gasteiger partial charge in [-0.2, -0.15) is 0 Å². The molecule has 4 rings (SSSR count). The molecule has 0 heterocycles. The highest BCUT2D eigenvalue weighted by Crippen LogP contribution is 2.27. The Balaban J connectivity index is 1.78. The minimum absolute atomic E-state index is 0.181. The molecule has 0 aliphatic heterocycles. The molecule has 12 nitrogen and oxygen atoms in total. The lowest BCUT2D eigenvalue weighted by Gasteiger charge is -2.30. The number of nitro groups is 3. The molecule has 0 radical (unpaired) electrons. The molecule has 0 aromatic heterocycles. The van der Waals surface area contributed by atoms with Gasteiger partial charge in [-0.3, -0.25) is 30.3 Å². The van der Waals surface area contributed by atoms with Crippen LogP contribution in [0.1, 0.15) is 16.7 Å². The molecule has 0 bridgehead atoms. The monoisotopic (exact) mass is 579 g/mol. The van der Waals surface area contributed by atoms with Crippen molar-refractivity contribution in [2.75, 3.05) is 0 Å². The van der Waals surface area contributed by atoms with E-state index in [4.69, 9.17) is 13.3 Å². The molecule has 41 heavy (non-hydrogen) atoms. The van der Waals surface area contributed by atoms with Gasteiger partial charge in [-0.15, -0.1) is 0 Å². The zero-order chi connectivity index (χ0) is 29.4. The number of nitro benzene ring substituents is 3. The van der Waals surface area contributed by atoms with E-state index in [9.17, 15) is 34.7 Å². The van der Waals surface area contributed by atoms with Gasteiger partial charge >= 0.3 is 8.80 Å². The lowest BCUT2D eigenvalue weighted by molar-refractivity contribution is -0.385. The summed E-state index contributed by atoms with van der Waals surface area (Å²) < 4.78 is 32.5. The molecule has 0 spiro atoms. The average Bonchev–Trinajstić information content (AvgIpc) is 2.97. The Morgan fingerprint density at radius 2 is 0.854 bits per heavy atom. The molecule has 14 heteroatoms. The largest absolute Gasteiger partial charge is 0.538 e. The first-order valence-corrected chi connectivity index (χ1v) is 13.8. The van der Waals surface area contributed by atoms with Crippen LogP contribution in [0.2, 0.25) is 0 Å². The van der Waals surface area contributed by atoms with Crippen molar-refractivity contribution in [3.05, 3.63) is 150 Å². The third-order valence-corrected chi connectivity index (χ3v) is 8.63. The molecule has 0 aliphatic rings. The Morgan fingerprint density at radius 3 is 1.17 bits per heavy atom. The second-order valence-electron chi connectivity index (χ2n) is 8.59. The number of halogens is 1. The van der Waals surface area contributed by atoms with E-state index < -0.39 is 29.4 Å². The Hall–Kier alpha value is -4.89. The van der Waals surface area contributed by atoms with Crippen molar-refractivity contribution in [1.29, 1.82) is 0 Å². The molecule has 0 fully saturated rings. The summed E-state index contributed by atoms with van der Waals surface area (Å²) >= 11 is 0. The van der Waals surface area contributed by atoms with Crippen LogP contribution in [-0.4, -0.2) is 23.6 Å². The van der Waals surface area contributed by atoms with Crippen molar-refractivity contribution in [2.45, 2.75) is 19.8 Å². The predicted molar refractivity (Wildman–Crippen MR) is 145 cm³/mol. The van der Waals surface area contributed by atoms with E-state index >= 15 is 0 Å². The van der Waals surface area contributed by atoms with E-state index in [1.807, 2.05) is 0 Å². The molecule has 0 N–H and O–H groups in total. The predicted octanol–water partition coefficient (Wildman–Crippen LogP) is 5.35. The quantitative estimate of drug-likeness (QED) is 0.116. The SMILES string of the molecule is O=[N+]([O-])c1ccccc1CO[Si](OCc1ccccc1[N+](=O)[O-])(OCc1ccccc1[N+](=O)[O-])c1ccc(F)cc1. The van der Waals surface area contributed by atoms with Crippen LogP contribution in [0.15, 0.2) is 97.1 Å². The summed E-state index contributed by atoms with van der Waals surface area (Å²) in [6, 6.07) is 22.5. The Morgan fingerprint density at radius 1 is 0.537 bits per heavy atom. The number of rotatable bonds is 13. The van der Waals surface area contributed by atoms with Crippen LogP contribution < -0.4 is 5.19 Å². The fraction of sp³-hybridized carbons (Fsp3) is 0.111. The van der Waals surface area contributed by atoms with Crippen LogP contribution in [-0.2, 0) is 33.1 Å². The van der Waals surface area contributed by atoms with Crippen LogP contribution in [0.4, 0.5) is 21.5 Å². The van der Waals surface area contributed by atoms with E-state index in [2.05, 4.69) is 0 Å². The topological polar surface area (TPSA) is 157 Å². The van der Waals surface area contributed by atoms with Gasteiger partial charge in [-0.25, -0.2) is 4.39 Å². The van der Waals surface area contributed by atoms with E-state index in [0.29, 0.717) is 0 Å². The van der Waals surface area contributed by atoms with Crippen molar-refractivity contribution in [3.63, 3.8) is 0 Å². The van der Waals surface area contributed by atoms with Gasteiger partial charge in [0.2, 0.25) is 0 Å². The lowest BCUT2D eigenvalue weighted by atomic mass is 10.2. The maximum absolute atomic E-state index is 13.9.